The van der Waals surface area contributed by atoms with Crippen molar-refractivity contribution >= 4 is 17.8 Å². The topological polar surface area (TPSA) is 92.7 Å². The molecule has 0 aromatic rings. The molecule has 0 rings (SSSR count). The molecule has 0 saturated carbocycles. The standard InChI is InChI=1S/C30H57NO5/c1-5-6-7-8-9-10-11-12-13-14-15-16-18-21-26(29(35)36-30(2,3)4)23-24-27(32)31-25-20-17-19-22-28(33)34/h26H,5-25H2,1-4H3,(H,31,32)(H,33,34). The number of unbranched alkanes of at least 4 members (excludes halogenated alkanes) is 14. The van der Waals surface area contributed by atoms with Gasteiger partial charge in [0, 0.05) is 19.4 Å². The molecule has 0 aliphatic carbocycles. The number of nitrogens with one attached hydrogen (secondary N) is 1. The van der Waals surface area contributed by atoms with Crippen LogP contribution in [0.15, 0.2) is 0 Å². The van der Waals surface area contributed by atoms with E-state index in [-0.39, 0.29) is 24.2 Å². The lowest BCUT2D eigenvalue weighted by molar-refractivity contribution is -0.160. The van der Waals surface area contributed by atoms with E-state index >= 15 is 0 Å². The van der Waals surface area contributed by atoms with Crippen molar-refractivity contribution in [2.24, 2.45) is 5.92 Å². The van der Waals surface area contributed by atoms with Gasteiger partial charge in [-0.05, 0) is 46.5 Å². The molecule has 0 spiro atoms. The van der Waals surface area contributed by atoms with Gasteiger partial charge in [-0.25, -0.2) is 0 Å². The van der Waals surface area contributed by atoms with Crippen LogP contribution in [0.1, 0.15) is 156 Å². The maximum atomic E-state index is 12.7. The number of carbonyl (C=O) groups excluding carboxylic acids is 2. The van der Waals surface area contributed by atoms with Gasteiger partial charge < -0.3 is 15.2 Å². The zero-order chi connectivity index (χ0) is 27.1. The fraction of sp³-hybridized carbons (Fsp3) is 0.900. The quantitative estimate of drug-likeness (QED) is 0.101. The average molecular weight is 512 g/mol. The van der Waals surface area contributed by atoms with Crippen molar-refractivity contribution < 1.29 is 24.2 Å². The van der Waals surface area contributed by atoms with E-state index in [0.29, 0.717) is 25.8 Å². The minimum absolute atomic E-state index is 0.0489. The summed E-state index contributed by atoms with van der Waals surface area (Å²) in [5, 5.41) is 11.6. The van der Waals surface area contributed by atoms with Gasteiger partial charge in [-0.2, -0.15) is 0 Å². The molecule has 6 heteroatoms. The normalized spacial score (nSPS) is 12.3. The predicted molar refractivity (Wildman–Crippen MR) is 148 cm³/mol. The van der Waals surface area contributed by atoms with Crippen LogP contribution in [0.25, 0.3) is 0 Å². The first kappa shape index (κ1) is 34.4. The van der Waals surface area contributed by atoms with Gasteiger partial charge in [0.15, 0.2) is 0 Å². The molecule has 6 nitrogen and oxygen atoms in total. The third-order valence-corrected chi connectivity index (χ3v) is 6.51. The number of carboxylic acid groups (broad SMARTS) is 1. The molecule has 1 amide bonds. The first-order valence-corrected chi connectivity index (χ1v) is 14.9. The van der Waals surface area contributed by atoms with Crippen LogP contribution in [0.5, 0.6) is 0 Å². The van der Waals surface area contributed by atoms with Crippen molar-refractivity contribution in [1.82, 2.24) is 5.32 Å². The molecule has 0 aromatic heterocycles. The highest BCUT2D eigenvalue weighted by Gasteiger charge is 2.25. The SMILES string of the molecule is CCCCCCCCCCCCCCCC(CCC(=O)NCCCCCC(=O)O)C(=O)OC(C)(C)C. The van der Waals surface area contributed by atoms with Gasteiger partial charge in [-0.3, -0.25) is 14.4 Å². The lowest BCUT2D eigenvalue weighted by Crippen LogP contribution is -2.30. The molecule has 0 aliphatic heterocycles. The van der Waals surface area contributed by atoms with Crippen molar-refractivity contribution in [3.8, 4) is 0 Å². The van der Waals surface area contributed by atoms with Gasteiger partial charge in [0.05, 0.1) is 5.92 Å². The van der Waals surface area contributed by atoms with Gasteiger partial charge in [-0.15, -0.1) is 0 Å². The van der Waals surface area contributed by atoms with Crippen molar-refractivity contribution in [2.45, 2.75) is 162 Å². The maximum Gasteiger partial charge on any atom is 0.309 e. The highest BCUT2D eigenvalue weighted by molar-refractivity contribution is 5.77. The highest BCUT2D eigenvalue weighted by atomic mass is 16.6. The number of amides is 1. The number of hydrogen-bond donors (Lipinski definition) is 2. The number of ether oxygens (including phenoxy) is 1. The molecule has 0 saturated heterocycles. The van der Waals surface area contributed by atoms with E-state index in [9.17, 15) is 14.4 Å². The molecule has 1 unspecified atom stereocenters. The Labute approximate surface area is 221 Å². The summed E-state index contributed by atoms with van der Waals surface area (Å²) in [7, 11) is 0. The third-order valence-electron chi connectivity index (χ3n) is 6.51. The molecule has 36 heavy (non-hydrogen) atoms. The number of carboxylic acids is 1. The lowest BCUT2D eigenvalue weighted by atomic mass is 9.95. The first-order chi connectivity index (χ1) is 17.2. The van der Waals surface area contributed by atoms with Gasteiger partial charge in [0.2, 0.25) is 5.91 Å². The number of aliphatic carboxylic acids is 1. The molecule has 2 N–H and O–H groups in total. The molecule has 0 aromatic carbocycles. The second kappa shape index (κ2) is 22.6. The van der Waals surface area contributed by atoms with Crippen molar-refractivity contribution in [1.29, 1.82) is 0 Å². The zero-order valence-corrected chi connectivity index (χ0v) is 24.0. The summed E-state index contributed by atoms with van der Waals surface area (Å²) in [6.07, 6.45) is 20.8. The number of rotatable bonds is 24. The first-order valence-electron chi connectivity index (χ1n) is 14.9. The molecule has 212 valence electrons. The van der Waals surface area contributed by atoms with Crippen LogP contribution >= 0.6 is 0 Å². The van der Waals surface area contributed by atoms with Crippen LogP contribution in [0.2, 0.25) is 0 Å². The minimum Gasteiger partial charge on any atom is -0.481 e. The lowest BCUT2D eigenvalue weighted by Gasteiger charge is -2.24. The van der Waals surface area contributed by atoms with E-state index in [1.165, 1.54) is 70.6 Å². The Morgan fingerprint density at radius 3 is 1.69 bits per heavy atom. The van der Waals surface area contributed by atoms with Crippen molar-refractivity contribution in [3.63, 3.8) is 0 Å². The van der Waals surface area contributed by atoms with E-state index in [1.54, 1.807) is 0 Å². The molecule has 0 fully saturated rings. The number of esters is 1. The van der Waals surface area contributed by atoms with Crippen LogP contribution in [-0.2, 0) is 19.1 Å². The second-order valence-electron chi connectivity index (χ2n) is 11.4. The average Bonchev–Trinajstić information content (AvgIpc) is 2.79. The van der Waals surface area contributed by atoms with Crippen LogP contribution < -0.4 is 5.32 Å². The van der Waals surface area contributed by atoms with E-state index in [4.69, 9.17) is 9.84 Å². The fourth-order valence-electron chi connectivity index (χ4n) is 4.37. The summed E-state index contributed by atoms with van der Waals surface area (Å²) in [5.41, 5.74) is -0.524. The Morgan fingerprint density at radius 2 is 1.19 bits per heavy atom. The molecular formula is C30H57NO5. The monoisotopic (exact) mass is 511 g/mol. The van der Waals surface area contributed by atoms with Crippen LogP contribution in [0, 0.1) is 5.92 Å². The van der Waals surface area contributed by atoms with Crippen molar-refractivity contribution in [2.75, 3.05) is 6.54 Å². The molecule has 0 radical (unpaired) electrons. The molecule has 0 heterocycles. The minimum atomic E-state index is -0.782. The van der Waals surface area contributed by atoms with E-state index < -0.39 is 11.6 Å². The summed E-state index contributed by atoms with van der Waals surface area (Å²) in [6.45, 7) is 8.45. The predicted octanol–water partition coefficient (Wildman–Crippen LogP) is 7.97. The summed E-state index contributed by atoms with van der Waals surface area (Å²) in [6, 6.07) is 0. The molecular weight excluding hydrogens is 454 g/mol. The Morgan fingerprint density at radius 1 is 0.694 bits per heavy atom. The smallest absolute Gasteiger partial charge is 0.309 e. The van der Waals surface area contributed by atoms with Gasteiger partial charge in [-0.1, -0.05) is 96.8 Å². The second-order valence-corrected chi connectivity index (χ2v) is 11.4. The highest BCUT2D eigenvalue weighted by Crippen LogP contribution is 2.22. The fourth-order valence-corrected chi connectivity index (χ4v) is 4.37. The Bertz CT molecular complexity index is 570. The van der Waals surface area contributed by atoms with E-state index in [1.807, 2.05) is 20.8 Å². The Balaban J connectivity index is 4.08. The molecule has 1 atom stereocenters. The summed E-state index contributed by atoms with van der Waals surface area (Å²) < 4.78 is 5.62. The van der Waals surface area contributed by atoms with E-state index in [2.05, 4.69) is 12.2 Å². The van der Waals surface area contributed by atoms with Crippen molar-refractivity contribution in [3.05, 3.63) is 0 Å². The van der Waals surface area contributed by atoms with Crippen LogP contribution in [0.4, 0.5) is 0 Å². The van der Waals surface area contributed by atoms with Gasteiger partial charge in [0.1, 0.15) is 5.60 Å². The Hall–Kier alpha value is -1.59. The van der Waals surface area contributed by atoms with E-state index in [0.717, 1.165) is 32.1 Å². The third kappa shape index (κ3) is 24.1. The summed E-state index contributed by atoms with van der Waals surface area (Å²) in [5.74, 6) is -1.26. The summed E-state index contributed by atoms with van der Waals surface area (Å²) >= 11 is 0. The Kier molecular flexibility index (Phi) is 21.6. The number of carbonyl (C=O) groups is 3. The molecule has 0 bridgehead atoms. The van der Waals surface area contributed by atoms with Gasteiger partial charge in [0.25, 0.3) is 0 Å². The largest absolute Gasteiger partial charge is 0.481 e. The maximum absolute atomic E-state index is 12.7. The van der Waals surface area contributed by atoms with Crippen LogP contribution in [0.3, 0.4) is 0 Å². The number of hydrogen-bond acceptors (Lipinski definition) is 4. The zero-order valence-electron chi connectivity index (χ0n) is 24.0. The van der Waals surface area contributed by atoms with Gasteiger partial charge >= 0.3 is 11.9 Å². The van der Waals surface area contributed by atoms with Crippen LogP contribution in [-0.4, -0.2) is 35.1 Å². The summed E-state index contributed by atoms with van der Waals surface area (Å²) in [4.78, 5) is 35.5. The molecule has 0 aliphatic rings.